The molecule has 0 atom stereocenters. The molecule has 176 valence electrons. The lowest BCUT2D eigenvalue weighted by atomic mass is 9.94. The molecule has 1 amide bonds. The number of halogens is 1. The summed E-state index contributed by atoms with van der Waals surface area (Å²) >= 11 is 7.95. The molecule has 0 spiro atoms. The summed E-state index contributed by atoms with van der Waals surface area (Å²) in [6, 6.07) is 13.6. The summed E-state index contributed by atoms with van der Waals surface area (Å²) < 4.78 is 0. The Morgan fingerprint density at radius 3 is 2.47 bits per heavy atom. The van der Waals surface area contributed by atoms with Gasteiger partial charge in [0.2, 0.25) is 5.91 Å². The van der Waals surface area contributed by atoms with E-state index in [4.69, 9.17) is 16.6 Å². The van der Waals surface area contributed by atoms with Crippen molar-refractivity contribution in [2.24, 2.45) is 0 Å². The van der Waals surface area contributed by atoms with Gasteiger partial charge in [-0.1, -0.05) is 11.6 Å². The van der Waals surface area contributed by atoms with Crippen molar-refractivity contribution >= 4 is 51.6 Å². The lowest BCUT2D eigenvalue weighted by molar-refractivity contribution is -0.128. The molecule has 0 N–H and O–H groups in total. The molecular formula is C27H28ClN3O2S. The highest BCUT2D eigenvalue weighted by Gasteiger charge is 2.24. The number of carbonyl (C=O) groups is 2. The summed E-state index contributed by atoms with van der Waals surface area (Å²) in [6.45, 7) is 4.57. The molecule has 0 unspecified atom stereocenters. The molecule has 5 nitrogen and oxygen atoms in total. The molecule has 2 aromatic carbocycles. The third-order valence-electron chi connectivity index (χ3n) is 6.78. The molecule has 3 aromatic rings. The number of carbonyl (C=O) groups excluding carboxylic acids is 2. The maximum absolute atomic E-state index is 13.1. The fourth-order valence-electron chi connectivity index (χ4n) is 4.86. The zero-order valence-corrected chi connectivity index (χ0v) is 20.9. The van der Waals surface area contributed by atoms with Crippen molar-refractivity contribution in [2.75, 3.05) is 36.8 Å². The highest BCUT2D eigenvalue weighted by molar-refractivity contribution is 8.00. The number of ketones is 1. The van der Waals surface area contributed by atoms with Gasteiger partial charge in [-0.3, -0.25) is 14.6 Å². The molecule has 0 radical (unpaired) electrons. The van der Waals surface area contributed by atoms with Crippen LogP contribution in [-0.4, -0.2) is 53.5 Å². The summed E-state index contributed by atoms with van der Waals surface area (Å²) in [5, 5.41) is 1.76. The number of fused-ring (bicyclic) bond motifs is 2. The topological polar surface area (TPSA) is 53.5 Å². The minimum Gasteiger partial charge on any atom is -0.368 e. The van der Waals surface area contributed by atoms with E-state index in [1.807, 2.05) is 47.4 Å². The average Bonchev–Trinajstić information content (AvgIpc) is 2.86. The molecule has 5 rings (SSSR count). The number of pyridine rings is 1. The van der Waals surface area contributed by atoms with Crippen LogP contribution >= 0.6 is 23.4 Å². The van der Waals surface area contributed by atoms with Crippen molar-refractivity contribution in [3.63, 3.8) is 0 Å². The molecule has 0 saturated carbocycles. The zero-order chi connectivity index (χ0) is 23.7. The van der Waals surface area contributed by atoms with Gasteiger partial charge in [0.25, 0.3) is 0 Å². The maximum Gasteiger partial charge on any atom is 0.233 e. The van der Waals surface area contributed by atoms with Crippen LogP contribution in [0.2, 0.25) is 5.02 Å². The lowest BCUT2D eigenvalue weighted by Gasteiger charge is -2.36. The van der Waals surface area contributed by atoms with Gasteiger partial charge in [-0.25, -0.2) is 0 Å². The number of hydrogen-bond acceptors (Lipinski definition) is 5. The van der Waals surface area contributed by atoms with Crippen molar-refractivity contribution in [3.05, 3.63) is 64.3 Å². The van der Waals surface area contributed by atoms with Crippen LogP contribution in [0.1, 0.15) is 41.4 Å². The van der Waals surface area contributed by atoms with Gasteiger partial charge in [-0.15, -0.1) is 11.8 Å². The number of Topliss-reactive ketones (excluding diaryl/α,β-unsaturated/α-hetero) is 1. The number of aromatic nitrogens is 1. The Morgan fingerprint density at radius 2 is 1.74 bits per heavy atom. The molecule has 1 aromatic heterocycles. The number of thioether (sulfide) groups is 1. The van der Waals surface area contributed by atoms with Gasteiger partial charge in [0, 0.05) is 58.4 Å². The number of piperazine rings is 1. The van der Waals surface area contributed by atoms with Crippen LogP contribution in [0.15, 0.2) is 47.4 Å². The second-order valence-electron chi connectivity index (χ2n) is 8.99. The highest BCUT2D eigenvalue weighted by Crippen LogP contribution is 2.37. The summed E-state index contributed by atoms with van der Waals surface area (Å²) in [4.78, 5) is 34.9. The van der Waals surface area contributed by atoms with Crippen LogP contribution in [0.3, 0.4) is 0 Å². The predicted octanol–water partition coefficient (Wildman–Crippen LogP) is 5.41. The first-order valence-electron chi connectivity index (χ1n) is 11.9. The van der Waals surface area contributed by atoms with Gasteiger partial charge in [0.15, 0.2) is 5.78 Å². The Balaban J connectivity index is 1.25. The minimum absolute atomic E-state index is 0.0741. The third kappa shape index (κ3) is 4.80. The van der Waals surface area contributed by atoms with Crippen LogP contribution in [0.5, 0.6) is 0 Å². The smallest absolute Gasteiger partial charge is 0.233 e. The van der Waals surface area contributed by atoms with Crippen molar-refractivity contribution in [3.8, 4) is 0 Å². The van der Waals surface area contributed by atoms with E-state index in [2.05, 4.69) is 4.90 Å². The van der Waals surface area contributed by atoms with Gasteiger partial charge in [0.05, 0.1) is 11.3 Å². The Labute approximate surface area is 209 Å². The highest BCUT2D eigenvalue weighted by atomic mass is 35.5. The number of amides is 1. The normalized spacial score (nSPS) is 15.9. The number of rotatable bonds is 5. The summed E-state index contributed by atoms with van der Waals surface area (Å²) in [7, 11) is 0. The van der Waals surface area contributed by atoms with Gasteiger partial charge in [0.1, 0.15) is 0 Å². The van der Waals surface area contributed by atoms with Gasteiger partial charge in [-0.2, -0.15) is 0 Å². The van der Waals surface area contributed by atoms with Gasteiger partial charge >= 0.3 is 0 Å². The molecule has 0 bridgehead atoms. The molecule has 2 aliphatic rings. The summed E-state index contributed by atoms with van der Waals surface area (Å²) in [5.41, 5.74) is 5.27. The summed E-state index contributed by atoms with van der Waals surface area (Å²) in [6.07, 6.45) is 4.36. The number of nitrogens with zero attached hydrogens (tertiary/aromatic N) is 3. The van der Waals surface area contributed by atoms with Crippen molar-refractivity contribution in [2.45, 2.75) is 37.5 Å². The SMILES string of the molecule is CC(=O)c1ccc(N2CCN(C(=O)CSc3c4c(nc5ccc(Cl)cc35)CCCC4)CC2)cc1. The fourth-order valence-corrected chi connectivity index (χ4v) is 6.20. The number of benzene rings is 2. The Kier molecular flexibility index (Phi) is 6.79. The second-order valence-corrected chi connectivity index (χ2v) is 10.4. The first-order valence-corrected chi connectivity index (χ1v) is 13.2. The largest absolute Gasteiger partial charge is 0.368 e. The lowest BCUT2D eigenvalue weighted by Crippen LogP contribution is -2.49. The molecular weight excluding hydrogens is 466 g/mol. The van der Waals surface area contributed by atoms with Crippen LogP contribution in [0.25, 0.3) is 10.9 Å². The van der Waals surface area contributed by atoms with E-state index in [0.29, 0.717) is 23.9 Å². The predicted molar refractivity (Wildman–Crippen MR) is 139 cm³/mol. The number of aryl methyl sites for hydroxylation is 1. The standard InChI is InChI=1S/C27H28ClN3O2S/c1-18(32)19-6-9-21(10-7-19)30-12-14-31(15-13-30)26(33)17-34-27-22-4-2-3-5-24(22)29-25-11-8-20(28)16-23(25)27/h6-11,16H,2-5,12-15,17H2,1H3. The van der Waals surface area contributed by atoms with E-state index < -0.39 is 0 Å². The quantitative estimate of drug-likeness (QED) is 0.351. The van der Waals surface area contributed by atoms with Gasteiger partial charge in [-0.05, 0) is 80.6 Å². The monoisotopic (exact) mass is 493 g/mol. The van der Waals surface area contributed by atoms with Crippen LogP contribution < -0.4 is 4.90 Å². The first kappa shape index (κ1) is 23.2. The molecule has 7 heteroatoms. The van der Waals surface area contributed by atoms with Crippen LogP contribution in [0.4, 0.5) is 5.69 Å². The Bertz CT molecular complexity index is 1240. The molecule has 2 heterocycles. The van der Waals surface area contributed by atoms with E-state index in [1.165, 1.54) is 22.6 Å². The molecule has 34 heavy (non-hydrogen) atoms. The minimum atomic E-state index is 0.0741. The zero-order valence-electron chi connectivity index (χ0n) is 19.3. The van der Waals surface area contributed by atoms with Gasteiger partial charge < -0.3 is 9.80 Å². The van der Waals surface area contributed by atoms with E-state index >= 15 is 0 Å². The van der Waals surface area contributed by atoms with Crippen LogP contribution in [-0.2, 0) is 17.6 Å². The fraction of sp³-hybridized carbons (Fsp3) is 0.370. The van der Waals surface area contributed by atoms with E-state index in [0.717, 1.165) is 54.5 Å². The Hall–Kier alpha value is -2.57. The maximum atomic E-state index is 13.1. The van der Waals surface area contributed by atoms with E-state index in [1.54, 1.807) is 18.7 Å². The second kappa shape index (κ2) is 9.96. The average molecular weight is 494 g/mol. The molecule has 1 saturated heterocycles. The number of anilines is 1. The van der Waals surface area contributed by atoms with E-state index in [-0.39, 0.29) is 11.7 Å². The first-order chi connectivity index (χ1) is 16.5. The van der Waals surface area contributed by atoms with Crippen molar-refractivity contribution in [1.82, 2.24) is 9.88 Å². The van der Waals surface area contributed by atoms with Crippen LogP contribution in [0, 0.1) is 0 Å². The Morgan fingerprint density at radius 1 is 1.00 bits per heavy atom. The molecule has 1 fully saturated rings. The van der Waals surface area contributed by atoms with Crippen molar-refractivity contribution in [1.29, 1.82) is 0 Å². The number of hydrogen-bond donors (Lipinski definition) is 0. The molecule has 1 aliphatic heterocycles. The van der Waals surface area contributed by atoms with E-state index in [9.17, 15) is 9.59 Å². The van der Waals surface area contributed by atoms with Crippen molar-refractivity contribution < 1.29 is 9.59 Å². The third-order valence-corrected chi connectivity index (χ3v) is 8.16. The summed E-state index contributed by atoms with van der Waals surface area (Å²) in [5.74, 6) is 0.670. The molecule has 1 aliphatic carbocycles.